The molecule has 0 N–H and O–H groups in total. The van der Waals surface area contributed by atoms with Gasteiger partial charge < -0.3 is 46.4 Å². The smallest absolute Gasteiger partial charge is 0.159 e. The predicted octanol–water partition coefficient (Wildman–Crippen LogP) is 7.09. The number of benzene rings is 2. The molecule has 0 bridgehead atoms. The van der Waals surface area contributed by atoms with Crippen LogP contribution in [-0.4, -0.2) is 24.1 Å². The van der Waals surface area contributed by atoms with Crippen molar-refractivity contribution in [3.63, 3.8) is 0 Å². The molecule has 1 radical (unpaired) electrons. The maximum Gasteiger partial charge on any atom is 0.159 e. The van der Waals surface area contributed by atoms with Crippen LogP contribution in [0.2, 0.25) is 0 Å². The van der Waals surface area contributed by atoms with E-state index in [0.29, 0.717) is 0 Å². The van der Waals surface area contributed by atoms with Crippen LogP contribution in [0.25, 0.3) is 45.1 Å². The van der Waals surface area contributed by atoms with E-state index in [2.05, 4.69) is 89.7 Å². The fraction of sp³-hybridized carbons (Fsp3) is 0.627. The number of aryl methyl sites for hydroxylation is 2. The van der Waals surface area contributed by atoms with Crippen molar-refractivity contribution in [2.45, 2.75) is 207 Å². The molecule has 3 heterocycles. The summed E-state index contributed by atoms with van der Waals surface area (Å²) in [6.45, 7) is 6.54. The number of hydrogen-bond donors (Lipinski definition) is 0. The van der Waals surface area contributed by atoms with Gasteiger partial charge in [-0.15, -0.1) is 0 Å². The van der Waals surface area contributed by atoms with Gasteiger partial charge in [0.2, 0.25) is 0 Å². The molecule has 0 aliphatic rings. The molecule has 5 rings (SSSR count). The standard InChI is InChI=1S/C51H77N5.3ClH.V/c1-3-5-7-9-11-13-15-17-19-21-23-25-27-33-42-55-48-40-31-29-36-44(48)53-50(55)46-38-35-39-47(52-46)51-54-45-37-30-32-41-49(45)56(51)43-34-28-26-24-22-20-18-16-14-12-10-8-6-4-2;;;;/h29-32,35-41H,3-28,33-34,42-43H2,1-2H3;3*1H;/p-3. The first kappa shape index (κ1) is 56.0. The third kappa shape index (κ3) is 19.2. The minimum absolute atomic E-state index is 0. The Kier molecular flexibility index (Phi) is 32.2. The zero-order valence-corrected chi connectivity index (χ0v) is 41.0. The van der Waals surface area contributed by atoms with Crippen molar-refractivity contribution in [3.8, 4) is 23.0 Å². The second-order valence-corrected chi connectivity index (χ2v) is 16.8. The summed E-state index contributed by atoms with van der Waals surface area (Å²) in [7, 11) is 0. The quantitative estimate of drug-likeness (QED) is 0.0434. The number of pyridine rings is 1. The monoisotopic (exact) mass is 915 g/mol. The van der Waals surface area contributed by atoms with Crippen LogP contribution in [0, 0.1) is 0 Å². The van der Waals surface area contributed by atoms with Crippen LogP contribution in [0.15, 0.2) is 66.7 Å². The van der Waals surface area contributed by atoms with E-state index in [9.17, 15) is 0 Å². The van der Waals surface area contributed by atoms with Crippen molar-refractivity contribution < 1.29 is 55.8 Å². The molecule has 0 amide bonds. The van der Waals surface area contributed by atoms with Crippen LogP contribution in [0.3, 0.4) is 0 Å². The topological polar surface area (TPSA) is 48.5 Å². The van der Waals surface area contributed by atoms with Crippen molar-refractivity contribution >= 4 is 22.1 Å². The molecule has 0 saturated heterocycles. The third-order valence-corrected chi connectivity index (χ3v) is 12.0. The molecular formula is C51H77Cl3N5V-3. The Morgan fingerprint density at radius 1 is 0.333 bits per heavy atom. The fourth-order valence-corrected chi connectivity index (χ4v) is 8.61. The van der Waals surface area contributed by atoms with Gasteiger partial charge in [-0.2, -0.15) is 0 Å². The molecule has 5 aromatic rings. The Balaban J connectivity index is 0.00000450. The SMILES string of the molecule is CCCCCCCCCCCCCCCCn1c(-c2cccc(-c3nc4ccccc4n3CCCCCCCCCCCCCCCC)n2)nc2ccccc21.[Cl-].[Cl-].[Cl-].[V]. The van der Waals surface area contributed by atoms with Crippen LogP contribution in [0.5, 0.6) is 0 Å². The summed E-state index contributed by atoms with van der Waals surface area (Å²) in [6.07, 6.45) is 38.5. The zero-order chi connectivity index (χ0) is 38.9. The number of rotatable bonds is 32. The molecule has 0 fully saturated rings. The summed E-state index contributed by atoms with van der Waals surface area (Å²) < 4.78 is 4.83. The van der Waals surface area contributed by atoms with Gasteiger partial charge in [-0.25, -0.2) is 15.0 Å². The van der Waals surface area contributed by atoms with Crippen molar-refractivity contribution in [2.24, 2.45) is 0 Å². The first-order chi connectivity index (χ1) is 27.8. The Labute approximate surface area is 396 Å². The molecule has 5 nitrogen and oxygen atoms in total. The van der Waals surface area contributed by atoms with Crippen LogP contribution in [-0.2, 0) is 31.6 Å². The summed E-state index contributed by atoms with van der Waals surface area (Å²) in [5.74, 6) is 1.94. The fourth-order valence-electron chi connectivity index (χ4n) is 8.61. The minimum atomic E-state index is 0. The molecule has 0 saturated carbocycles. The van der Waals surface area contributed by atoms with Gasteiger partial charge in [0.25, 0.3) is 0 Å². The summed E-state index contributed by atoms with van der Waals surface area (Å²) in [5, 5.41) is 0. The van der Waals surface area contributed by atoms with Crippen LogP contribution < -0.4 is 37.2 Å². The van der Waals surface area contributed by atoms with E-state index >= 15 is 0 Å². The molecule has 0 spiro atoms. The Morgan fingerprint density at radius 3 is 0.933 bits per heavy atom. The van der Waals surface area contributed by atoms with Gasteiger partial charge in [0.05, 0.1) is 22.1 Å². The zero-order valence-electron chi connectivity index (χ0n) is 37.4. The summed E-state index contributed by atoms with van der Waals surface area (Å²) in [4.78, 5) is 15.6. The Hall–Kier alpha value is -2.02. The second-order valence-electron chi connectivity index (χ2n) is 16.8. The summed E-state index contributed by atoms with van der Waals surface area (Å²) in [5.41, 5.74) is 6.36. The van der Waals surface area contributed by atoms with E-state index in [1.165, 1.54) is 191 Å². The van der Waals surface area contributed by atoms with Gasteiger partial charge in [0.1, 0.15) is 11.4 Å². The Bertz CT molecular complexity index is 1660. The average molecular weight is 918 g/mol. The van der Waals surface area contributed by atoms with Crippen molar-refractivity contribution in [1.29, 1.82) is 0 Å². The Morgan fingerprint density at radius 2 is 0.617 bits per heavy atom. The molecule has 0 unspecified atom stereocenters. The molecule has 0 atom stereocenters. The van der Waals surface area contributed by atoms with Gasteiger partial charge in [0, 0.05) is 31.6 Å². The van der Waals surface area contributed by atoms with E-state index in [4.69, 9.17) is 15.0 Å². The summed E-state index contributed by atoms with van der Waals surface area (Å²) >= 11 is 0. The number of imidazole rings is 2. The van der Waals surface area contributed by atoms with E-state index < -0.39 is 0 Å². The van der Waals surface area contributed by atoms with Gasteiger partial charge in [-0.1, -0.05) is 211 Å². The van der Waals surface area contributed by atoms with Gasteiger partial charge in [-0.3, -0.25) is 0 Å². The van der Waals surface area contributed by atoms with E-state index in [1.807, 2.05) is 0 Å². The number of aromatic nitrogens is 5. The number of halogens is 3. The minimum Gasteiger partial charge on any atom is -1.00 e. The number of fused-ring (bicyclic) bond motifs is 2. The van der Waals surface area contributed by atoms with Gasteiger partial charge in [-0.05, 0) is 49.2 Å². The van der Waals surface area contributed by atoms with E-state index in [-0.39, 0.29) is 55.8 Å². The molecule has 335 valence electrons. The molecule has 0 aliphatic carbocycles. The van der Waals surface area contributed by atoms with Gasteiger partial charge in [0.15, 0.2) is 11.6 Å². The van der Waals surface area contributed by atoms with Gasteiger partial charge >= 0.3 is 0 Å². The number of nitrogens with zero attached hydrogens (tertiary/aromatic N) is 5. The molecular weight excluding hydrogens is 840 g/mol. The van der Waals surface area contributed by atoms with Crippen molar-refractivity contribution in [3.05, 3.63) is 66.7 Å². The number of unbranched alkanes of at least 4 members (excludes halogenated alkanes) is 26. The van der Waals surface area contributed by atoms with E-state index in [1.54, 1.807) is 0 Å². The largest absolute Gasteiger partial charge is 1.00 e. The number of para-hydroxylation sites is 4. The predicted molar refractivity (Wildman–Crippen MR) is 242 cm³/mol. The van der Waals surface area contributed by atoms with E-state index in [0.717, 1.165) is 47.2 Å². The van der Waals surface area contributed by atoms with Crippen LogP contribution in [0.4, 0.5) is 0 Å². The second kappa shape index (κ2) is 34.5. The normalized spacial score (nSPS) is 11.0. The van der Waals surface area contributed by atoms with Crippen LogP contribution >= 0.6 is 0 Å². The average Bonchev–Trinajstić information content (AvgIpc) is 3.79. The molecule has 2 aromatic carbocycles. The molecule has 0 aliphatic heterocycles. The molecule has 60 heavy (non-hydrogen) atoms. The third-order valence-electron chi connectivity index (χ3n) is 12.0. The summed E-state index contributed by atoms with van der Waals surface area (Å²) in [6, 6.07) is 23.6. The van der Waals surface area contributed by atoms with Crippen LogP contribution in [0.1, 0.15) is 194 Å². The van der Waals surface area contributed by atoms with Crippen molar-refractivity contribution in [1.82, 2.24) is 24.1 Å². The first-order valence-corrected chi connectivity index (χ1v) is 23.7. The van der Waals surface area contributed by atoms with Crippen molar-refractivity contribution in [2.75, 3.05) is 0 Å². The maximum atomic E-state index is 5.29. The first-order valence-electron chi connectivity index (χ1n) is 23.7. The maximum absolute atomic E-state index is 5.29. The number of hydrogen-bond acceptors (Lipinski definition) is 3. The molecule has 3 aromatic heterocycles. The molecule has 9 heteroatoms.